The maximum absolute atomic E-state index is 5.83. The monoisotopic (exact) mass is 294 g/mol. The number of ether oxygens (including phenoxy) is 2. The molecule has 1 aromatic carbocycles. The summed E-state index contributed by atoms with van der Waals surface area (Å²) in [7, 11) is 1.56. The number of hydrogen-bond donors (Lipinski definition) is 1. The molecule has 0 aliphatic carbocycles. The van der Waals surface area contributed by atoms with E-state index in [1.54, 1.807) is 37.4 Å². The standard InChI is InChI=1S/C12H11BrN2O2/c1-16-11-3-2-4-12(15-11)17-10-6-5-8(13)7-9(10)14/h2-7H,14H2,1H3. The van der Waals surface area contributed by atoms with Crippen LogP contribution < -0.4 is 15.2 Å². The van der Waals surface area contributed by atoms with Crippen LogP contribution in [0, 0.1) is 0 Å². The molecule has 0 saturated heterocycles. The molecule has 2 rings (SSSR count). The lowest BCUT2D eigenvalue weighted by atomic mass is 10.3. The summed E-state index contributed by atoms with van der Waals surface area (Å²) in [6, 6.07) is 10.7. The van der Waals surface area contributed by atoms with E-state index in [0.29, 0.717) is 23.2 Å². The molecule has 0 fully saturated rings. The van der Waals surface area contributed by atoms with Gasteiger partial charge in [0, 0.05) is 16.6 Å². The zero-order valence-electron chi connectivity index (χ0n) is 9.18. The number of benzene rings is 1. The molecule has 2 aromatic rings. The number of anilines is 1. The van der Waals surface area contributed by atoms with E-state index in [9.17, 15) is 0 Å². The number of pyridine rings is 1. The summed E-state index contributed by atoms with van der Waals surface area (Å²) < 4.78 is 11.5. The van der Waals surface area contributed by atoms with Crippen molar-refractivity contribution in [3.63, 3.8) is 0 Å². The van der Waals surface area contributed by atoms with Crippen LogP contribution in [0.15, 0.2) is 40.9 Å². The molecule has 1 aromatic heterocycles. The Balaban J connectivity index is 2.25. The molecule has 0 saturated carbocycles. The minimum Gasteiger partial charge on any atom is -0.481 e. The fraction of sp³-hybridized carbons (Fsp3) is 0.0833. The molecule has 0 atom stereocenters. The quantitative estimate of drug-likeness (QED) is 0.883. The van der Waals surface area contributed by atoms with E-state index in [4.69, 9.17) is 15.2 Å². The van der Waals surface area contributed by atoms with Crippen molar-refractivity contribution < 1.29 is 9.47 Å². The summed E-state index contributed by atoms with van der Waals surface area (Å²) in [6.45, 7) is 0. The van der Waals surface area contributed by atoms with Crippen LogP contribution in [0.3, 0.4) is 0 Å². The topological polar surface area (TPSA) is 57.4 Å². The molecule has 1 heterocycles. The molecule has 17 heavy (non-hydrogen) atoms. The number of methoxy groups -OCH3 is 1. The smallest absolute Gasteiger partial charge is 0.222 e. The first-order valence-corrected chi connectivity index (χ1v) is 5.72. The van der Waals surface area contributed by atoms with Gasteiger partial charge < -0.3 is 15.2 Å². The summed E-state index contributed by atoms with van der Waals surface area (Å²) in [6.07, 6.45) is 0. The summed E-state index contributed by atoms with van der Waals surface area (Å²) in [5, 5.41) is 0. The van der Waals surface area contributed by atoms with Crippen molar-refractivity contribution in [3.8, 4) is 17.5 Å². The van der Waals surface area contributed by atoms with Gasteiger partial charge in [0.25, 0.3) is 0 Å². The molecule has 88 valence electrons. The zero-order valence-corrected chi connectivity index (χ0v) is 10.8. The van der Waals surface area contributed by atoms with Gasteiger partial charge in [0.2, 0.25) is 11.8 Å². The Hall–Kier alpha value is -1.75. The second-order valence-electron chi connectivity index (χ2n) is 3.30. The molecule has 5 heteroatoms. The van der Waals surface area contributed by atoms with E-state index in [2.05, 4.69) is 20.9 Å². The van der Waals surface area contributed by atoms with Crippen molar-refractivity contribution in [2.45, 2.75) is 0 Å². The average molecular weight is 295 g/mol. The molecule has 0 aliphatic heterocycles. The number of aromatic nitrogens is 1. The van der Waals surface area contributed by atoms with Gasteiger partial charge in [0.05, 0.1) is 12.8 Å². The van der Waals surface area contributed by atoms with Gasteiger partial charge >= 0.3 is 0 Å². The number of nitrogen functional groups attached to an aromatic ring is 1. The average Bonchev–Trinajstić information content (AvgIpc) is 2.33. The maximum atomic E-state index is 5.83. The van der Waals surface area contributed by atoms with Crippen LogP contribution in [0.2, 0.25) is 0 Å². The van der Waals surface area contributed by atoms with Gasteiger partial charge in [-0.1, -0.05) is 22.0 Å². The van der Waals surface area contributed by atoms with Crippen molar-refractivity contribution in [1.29, 1.82) is 0 Å². The largest absolute Gasteiger partial charge is 0.481 e. The van der Waals surface area contributed by atoms with Crippen molar-refractivity contribution in [2.75, 3.05) is 12.8 Å². The Morgan fingerprint density at radius 2 is 1.94 bits per heavy atom. The Bertz CT molecular complexity index is 532. The summed E-state index contributed by atoms with van der Waals surface area (Å²) >= 11 is 3.33. The van der Waals surface area contributed by atoms with Crippen molar-refractivity contribution in [3.05, 3.63) is 40.9 Å². The molecule has 0 bridgehead atoms. The summed E-state index contributed by atoms with van der Waals surface area (Å²) in [4.78, 5) is 4.14. The summed E-state index contributed by atoms with van der Waals surface area (Å²) in [5.74, 6) is 1.51. The van der Waals surface area contributed by atoms with Crippen LogP contribution in [0.1, 0.15) is 0 Å². The van der Waals surface area contributed by atoms with Crippen LogP contribution in [-0.2, 0) is 0 Å². The third kappa shape index (κ3) is 2.88. The number of nitrogens with zero attached hydrogens (tertiary/aromatic N) is 1. The molecular weight excluding hydrogens is 284 g/mol. The van der Waals surface area contributed by atoms with Crippen LogP contribution in [-0.4, -0.2) is 12.1 Å². The number of halogens is 1. The highest BCUT2D eigenvalue weighted by Gasteiger charge is 2.04. The van der Waals surface area contributed by atoms with Gasteiger partial charge in [0.15, 0.2) is 5.75 Å². The number of nitrogens with two attached hydrogens (primary N) is 1. The normalized spacial score (nSPS) is 10.0. The van der Waals surface area contributed by atoms with Crippen molar-refractivity contribution >= 4 is 21.6 Å². The molecule has 2 N–H and O–H groups in total. The van der Waals surface area contributed by atoms with Gasteiger partial charge in [-0.3, -0.25) is 0 Å². The summed E-state index contributed by atoms with van der Waals surface area (Å²) in [5.41, 5.74) is 6.37. The predicted molar refractivity (Wildman–Crippen MR) is 69.4 cm³/mol. The Kier molecular flexibility index (Phi) is 3.49. The first-order chi connectivity index (χ1) is 8.19. The third-order valence-electron chi connectivity index (χ3n) is 2.09. The minimum absolute atomic E-state index is 0.443. The van der Waals surface area contributed by atoms with Gasteiger partial charge in [0.1, 0.15) is 0 Å². The van der Waals surface area contributed by atoms with E-state index >= 15 is 0 Å². The van der Waals surface area contributed by atoms with Crippen LogP contribution >= 0.6 is 15.9 Å². The lowest BCUT2D eigenvalue weighted by Crippen LogP contribution is -1.94. The van der Waals surface area contributed by atoms with E-state index in [-0.39, 0.29) is 0 Å². The maximum Gasteiger partial charge on any atom is 0.222 e. The minimum atomic E-state index is 0.443. The van der Waals surface area contributed by atoms with E-state index in [1.807, 2.05) is 6.07 Å². The van der Waals surface area contributed by atoms with Gasteiger partial charge in [-0.05, 0) is 18.2 Å². The highest BCUT2D eigenvalue weighted by Crippen LogP contribution is 2.29. The highest BCUT2D eigenvalue weighted by atomic mass is 79.9. The van der Waals surface area contributed by atoms with Crippen LogP contribution in [0.5, 0.6) is 17.5 Å². The van der Waals surface area contributed by atoms with Gasteiger partial charge in [-0.2, -0.15) is 4.98 Å². The molecular formula is C12H11BrN2O2. The Labute approximate surface area is 108 Å². The zero-order chi connectivity index (χ0) is 12.3. The van der Waals surface area contributed by atoms with Crippen LogP contribution in [0.25, 0.3) is 0 Å². The van der Waals surface area contributed by atoms with E-state index < -0.39 is 0 Å². The molecule has 0 aliphatic rings. The fourth-order valence-electron chi connectivity index (χ4n) is 1.29. The Morgan fingerprint density at radius 3 is 2.65 bits per heavy atom. The molecule has 4 nitrogen and oxygen atoms in total. The van der Waals surface area contributed by atoms with Gasteiger partial charge in [-0.25, -0.2) is 0 Å². The van der Waals surface area contributed by atoms with Crippen molar-refractivity contribution in [1.82, 2.24) is 4.98 Å². The number of rotatable bonds is 3. The highest BCUT2D eigenvalue weighted by molar-refractivity contribution is 9.10. The second kappa shape index (κ2) is 5.05. The molecule has 0 amide bonds. The third-order valence-corrected chi connectivity index (χ3v) is 2.59. The lowest BCUT2D eigenvalue weighted by Gasteiger charge is -2.08. The molecule has 0 spiro atoms. The van der Waals surface area contributed by atoms with Crippen LogP contribution in [0.4, 0.5) is 5.69 Å². The lowest BCUT2D eigenvalue weighted by molar-refractivity contribution is 0.383. The van der Waals surface area contributed by atoms with Gasteiger partial charge in [-0.15, -0.1) is 0 Å². The fourth-order valence-corrected chi connectivity index (χ4v) is 1.67. The predicted octanol–water partition coefficient (Wildman–Crippen LogP) is 3.23. The van der Waals surface area contributed by atoms with E-state index in [0.717, 1.165) is 4.47 Å². The van der Waals surface area contributed by atoms with Crippen molar-refractivity contribution in [2.24, 2.45) is 0 Å². The SMILES string of the molecule is COc1cccc(Oc2ccc(Br)cc2N)n1. The first-order valence-electron chi connectivity index (χ1n) is 4.93. The first kappa shape index (κ1) is 11.7. The Morgan fingerprint density at radius 1 is 1.18 bits per heavy atom. The second-order valence-corrected chi connectivity index (χ2v) is 4.22. The molecule has 0 radical (unpaired) electrons. The molecule has 0 unspecified atom stereocenters. The van der Waals surface area contributed by atoms with E-state index in [1.165, 1.54) is 0 Å². The number of hydrogen-bond acceptors (Lipinski definition) is 4.